The minimum absolute atomic E-state index is 0.124. The van der Waals surface area contributed by atoms with Gasteiger partial charge in [0.15, 0.2) is 0 Å². The summed E-state index contributed by atoms with van der Waals surface area (Å²) in [5, 5.41) is 2.92. The lowest BCUT2D eigenvalue weighted by atomic mass is 9.85. The van der Waals surface area contributed by atoms with Crippen LogP contribution in [-0.2, 0) is 14.4 Å². The number of amides is 5. The highest BCUT2D eigenvalue weighted by atomic mass is 35.5. The van der Waals surface area contributed by atoms with Crippen LogP contribution in [0.3, 0.4) is 0 Å². The standard InChI is InChI=1S/C18H19Cl2N3O4/c1-10-5-2-3-8-13(10)23-17(26)16(25)22(18(23)27)9-14(24)21-12-7-4-6-11(19)15(12)20/h4,6-7,10,13H,2-3,5,8-9H2,1H3,(H,21,24)/t10-,13-/m1/s1. The van der Waals surface area contributed by atoms with Gasteiger partial charge in [0, 0.05) is 6.04 Å². The molecule has 1 heterocycles. The zero-order valence-corrected chi connectivity index (χ0v) is 16.2. The van der Waals surface area contributed by atoms with E-state index >= 15 is 0 Å². The van der Waals surface area contributed by atoms with Crippen LogP contribution < -0.4 is 5.32 Å². The molecule has 0 spiro atoms. The van der Waals surface area contributed by atoms with Gasteiger partial charge in [-0.1, -0.05) is 49.0 Å². The van der Waals surface area contributed by atoms with Crippen LogP contribution in [0, 0.1) is 5.92 Å². The van der Waals surface area contributed by atoms with Gasteiger partial charge in [0.2, 0.25) is 5.91 Å². The number of rotatable bonds is 4. The van der Waals surface area contributed by atoms with Crippen molar-refractivity contribution in [2.24, 2.45) is 5.92 Å². The molecule has 1 aromatic rings. The Balaban J connectivity index is 1.72. The summed E-state index contributed by atoms with van der Waals surface area (Å²) in [6, 6.07) is 3.66. The Morgan fingerprint density at radius 2 is 1.85 bits per heavy atom. The Hall–Kier alpha value is -2.12. The Bertz CT molecular complexity index is 814. The lowest BCUT2D eigenvalue weighted by molar-refractivity contribution is -0.145. The summed E-state index contributed by atoms with van der Waals surface area (Å²) < 4.78 is 0. The molecule has 2 aliphatic rings. The molecule has 3 rings (SSSR count). The van der Waals surface area contributed by atoms with Gasteiger partial charge >= 0.3 is 17.8 Å². The number of hydrogen-bond donors (Lipinski definition) is 1. The summed E-state index contributed by atoms with van der Waals surface area (Å²) in [5.41, 5.74) is 0.261. The number of urea groups is 1. The van der Waals surface area contributed by atoms with Crippen LogP contribution in [0.4, 0.5) is 10.5 Å². The third-order valence-corrected chi connectivity index (χ3v) is 5.83. The van der Waals surface area contributed by atoms with E-state index < -0.39 is 30.3 Å². The summed E-state index contributed by atoms with van der Waals surface area (Å²) in [5.74, 6) is -2.37. The van der Waals surface area contributed by atoms with Crippen LogP contribution in [0.1, 0.15) is 32.6 Å². The van der Waals surface area contributed by atoms with E-state index in [4.69, 9.17) is 23.2 Å². The SMILES string of the molecule is C[C@@H]1CCCC[C@H]1N1C(=O)C(=O)N(CC(=O)Nc2cccc(Cl)c2Cl)C1=O. The van der Waals surface area contributed by atoms with Crippen molar-refractivity contribution < 1.29 is 19.2 Å². The molecule has 0 bridgehead atoms. The van der Waals surface area contributed by atoms with Gasteiger partial charge in [0.05, 0.1) is 15.7 Å². The monoisotopic (exact) mass is 411 g/mol. The maximum atomic E-state index is 12.7. The number of carbonyl (C=O) groups is 4. The zero-order chi connectivity index (χ0) is 19.7. The number of anilines is 1. The largest absolute Gasteiger partial charge is 0.334 e. The van der Waals surface area contributed by atoms with E-state index in [2.05, 4.69) is 5.32 Å². The number of nitrogens with zero attached hydrogens (tertiary/aromatic N) is 2. The predicted molar refractivity (Wildman–Crippen MR) is 100 cm³/mol. The first-order valence-electron chi connectivity index (χ1n) is 8.74. The van der Waals surface area contributed by atoms with Gasteiger partial charge in [0.1, 0.15) is 6.54 Å². The molecule has 1 aromatic carbocycles. The second kappa shape index (κ2) is 7.86. The molecule has 1 aliphatic carbocycles. The maximum Gasteiger partial charge on any atom is 0.334 e. The van der Waals surface area contributed by atoms with E-state index in [9.17, 15) is 19.2 Å². The van der Waals surface area contributed by atoms with Gasteiger partial charge in [-0.05, 0) is 30.9 Å². The van der Waals surface area contributed by atoms with Crippen LogP contribution in [0.25, 0.3) is 0 Å². The molecule has 1 saturated heterocycles. The van der Waals surface area contributed by atoms with Gasteiger partial charge in [-0.3, -0.25) is 19.3 Å². The second-order valence-electron chi connectivity index (χ2n) is 6.83. The molecule has 0 unspecified atom stereocenters. The Labute approximate surface area is 166 Å². The lowest BCUT2D eigenvalue weighted by Gasteiger charge is -2.34. The first-order valence-corrected chi connectivity index (χ1v) is 9.49. The Kier molecular flexibility index (Phi) is 5.72. The third-order valence-electron chi connectivity index (χ3n) is 5.01. The van der Waals surface area contributed by atoms with E-state index in [1.165, 1.54) is 0 Å². The zero-order valence-electron chi connectivity index (χ0n) is 14.7. The van der Waals surface area contributed by atoms with Crippen molar-refractivity contribution in [1.82, 2.24) is 9.80 Å². The third kappa shape index (κ3) is 3.80. The van der Waals surface area contributed by atoms with E-state index in [0.717, 1.165) is 24.2 Å². The van der Waals surface area contributed by atoms with Crippen molar-refractivity contribution in [2.45, 2.75) is 38.6 Å². The predicted octanol–water partition coefficient (Wildman–Crippen LogP) is 3.30. The number of carbonyl (C=O) groups excluding carboxylic acids is 4. The van der Waals surface area contributed by atoms with Gasteiger partial charge in [-0.25, -0.2) is 9.69 Å². The summed E-state index contributed by atoms with van der Waals surface area (Å²) in [6.07, 6.45) is 3.50. The van der Waals surface area contributed by atoms with Crippen LogP contribution in [0.2, 0.25) is 10.0 Å². The number of nitrogens with one attached hydrogen (secondary N) is 1. The summed E-state index contributed by atoms with van der Waals surface area (Å²) in [6.45, 7) is 1.40. The molecule has 1 N–H and O–H groups in total. The minimum Gasteiger partial charge on any atom is -0.323 e. The van der Waals surface area contributed by atoms with Crippen LogP contribution in [0.5, 0.6) is 0 Å². The minimum atomic E-state index is -0.981. The van der Waals surface area contributed by atoms with Crippen LogP contribution in [0.15, 0.2) is 18.2 Å². The second-order valence-corrected chi connectivity index (χ2v) is 7.61. The van der Waals surface area contributed by atoms with E-state index in [1.807, 2.05) is 6.92 Å². The molecule has 7 nitrogen and oxygen atoms in total. The highest BCUT2D eigenvalue weighted by Crippen LogP contribution is 2.32. The number of halogens is 2. The molecular weight excluding hydrogens is 393 g/mol. The lowest BCUT2D eigenvalue weighted by Crippen LogP contribution is -2.46. The highest BCUT2D eigenvalue weighted by molar-refractivity contribution is 6.45. The van der Waals surface area contributed by atoms with Crippen LogP contribution in [-0.4, -0.2) is 46.1 Å². The molecule has 9 heteroatoms. The van der Waals surface area contributed by atoms with Crippen molar-refractivity contribution in [3.05, 3.63) is 28.2 Å². The number of imide groups is 2. The summed E-state index contributed by atoms with van der Waals surface area (Å²) >= 11 is 11.9. The van der Waals surface area contributed by atoms with Crippen molar-refractivity contribution in [2.75, 3.05) is 11.9 Å². The molecule has 2 atom stereocenters. The fourth-order valence-corrected chi connectivity index (χ4v) is 3.92. The number of hydrogen-bond acceptors (Lipinski definition) is 4. The average Bonchev–Trinajstić information content (AvgIpc) is 2.83. The molecule has 5 amide bonds. The topological polar surface area (TPSA) is 86.8 Å². The van der Waals surface area contributed by atoms with Crippen molar-refractivity contribution in [1.29, 1.82) is 0 Å². The van der Waals surface area contributed by atoms with Gasteiger partial charge < -0.3 is 5.32 Å². The van der Waals surface area contributed by atoms with E-state index in [-0.39, 0.29) is 27.7 Å². The van der Waals surface area contributed by atoms with E-state index in [0.29, 0.717) is 11.3 Å². The maximum absolute atomic E-state index is 12.7. The molecule has 2 fully saturated rings. The first kappa shape index (κ1) is 19.6. The average molecular weight is 412 g/mol. The molecule has 0 radical (unpaired) electrons. The van der Waals surface area contributed by atoms with Gasteiger partial charge in [-0.2, -0.15) is 0 Å². The molecule has 0 aromatic heterocycles. The number of benzene rings is 1. The fourth-order valence-electron chi connectivity index (χ4n) is 3.57. The Morgan fingerprint density at radius 1 is 1.15 bits per heavy atom. The molecule has 27 heavy (non-hydrogen) atoms. The molecule has 144 valence electrons. The van der Waals surface area contributed by atoms with Gasteiger partial charge in [0.25, 0.3) is 0 Å². The van der Waals surface area contributed by atoms with Crippen molar-refractivity contribution in [3.8, 4) is 0 Å². The molecule has 1 aliphatic heterocycles. The summed E-state index contributed by atoms with van der Waals surface area (Å²) in [4.78, 5) is 51.3. The molecular formula is C18H19Cl2N3O4. The first-order chi connectivity index (χ1) is 12.8. The van der Waals surface area contributed by atoms with E-state index in [1.54, 1.807) is 18.2 Å². The normalized spacial score (nSPS) is 23.1. The van der Waals surface area contributed by atoms with Gasteiger partial charge in [-0.15, -0.1) is 0 Å². The van der Waals surface area contributed by atoms with Crippen molar-refractivity contribution >= 4 is 52.6 Å². The smallest absolute Gasteiger partial charge is 0.323 e. The van der Waals surface area contributed by atoms with Crippen LogP contribution >= 0.6 is 23.2 Å². The Morgan fingerprint density at radius 3 is 2.56 bits per heavy atom. The summed E-state index contributed by atoms with van der Waals surface area (Å²) in [7, 11) is 0. The highest BCUT2D eigenvalue weighted by Gasteiger charge is 2.49. The fraction of sp³-hybridized carbons (Fsp3) is 0.444. The quantitative estimate of drug-likeness (QED) is 0.607. The van der Waals surface area contributed by atoms with Crippen molar-refractivity contribution in [3.63, 3.8) is 0 Å². The molecule has 1 saturated carbocycles.